The third-order valence-corrected chi connectivity index (χ3v) is 17.0. The molecular weight excluding hydrogens is 1220 g/mol. The Labute approximate surface area is 544 Å². The predicted octanol–water partition coefficient (Wildman–Crippen LogP) is 16.9. The van der Waals surface area contributed by atoms with Crippen LogP contribution < -0.4 is 27.0 Å². The number of aliphatic imine (C=N–C) groups is 4. The van der Waals surface area contributed by atoms with Crippen LogP contribution in [0.25, 0.3) is 0 Å². The summed E-state index contributed by atoms with van der Waals surface area (Å²) in [5.74, 6) is -0.454. The molecule has 2 aliphatic rings. The Bertz CT molecular complexity index is 4900. The first-order valence-electron chi connectivity index (χ1n) is 29.7. The van der Waals surface area contributed by atoms with Gasteiger partial charge in [-0.05, 0) is 228 Å². The van der Waals surface area contributed by atoms with Gasteiger partial charge in [-0.25, -0.2) is 20.0 Å². The molecule has 0 bridgehead atoms. The molecule has 17 nitrogen and oxygen atoms in total. The molecule has 0 aliphatic heterocycles. The molecule has 10 aromatic carbocycles. The smallest absolute Gasteiger partial charge is 0.296 e. The van der Waals surface area contributed by atoms with Gasteiger partial charge < -0.3 is 37.2 Å². The first-order chi connectivity index (χ1) is 45.4. The van der Waals surface area contributed by atoms with Gasteiger partial charge in [0, 0.05) is 52.7 Å². The van der Waals surface area contributed by atoms with Gasteiger partial charge >= 0.3 is 0 Å². The molecule has 0 aromatic heterocycles. The first-order valence-corrected chi connectivity index (χ1v) is 32.6. The van der Waals surface area contributed by atoms with Crippen molar-refractivity contribution >= 4 is 117 Å². The van der Waals surface area contributed by atoms with Gasteiger partial charge in [0.1, 0.15) is 21.3 Å². The van der Waals surface area contributed by atoms with Crippen LogP contribution in [-0.2, 0) is 39.5 Å². The van der Waals surface area contributed by atoms with Crippen LogP contribution in [0, 0.1) is 0 Å². The Morgan fingerprint density at radius 3 is 0.947 bits per heavy atom. The summed E-state index contributed by atoms with van der Waals surface area (Å²) in [6.45, 7) is 0. The Morgan fingerprint density at radius 2 is 0.596 bits per heavy atom. The summed E-state index contributed by atoms with van der Waals surface area (Å²) in [5, 5.41) is 34.0. The number of nitrogen functional groups attached to an aromatic ring is 1. The van der Waals surface area contributed by atoms with Crippen LogP contribution in [0.4, 0.5) is 73.9 Å². The van der Waals surface area contributed by atoms with E-state index in [-0.39, 0.29) is 39.9 Å². The number of aromatic hydroxyl groups is 2. The lowest BCUT2D eigenvalue weighted by Gasteiger charge is -2.15. The molecule has 0 amide bonds. The maximum atomic E-state index is 12.8. The minimum Gasteiger partial charge on any atom is -0.508 e. The average Bonchev–Trinajstić information content (AvgIpc) is 2.17. The minimum atomic E-state index is -4.70. The maximum Gasteiger partial charge on any atom is 0.296 e. The lowest BCUT2D eigenvalue weighted by molar-refractivity contribution is 0.467. The van der Waals surface area contributed by atoms with Crippen LogP contribution in [0.15, 0.2) is 303 Å². The number of phenols is 2. The zero-order chi connectivity index (χ0) is 65.2. The van der Waals surface area contributed by atoms with E-state index in [1.807, 2.05) is 237 Å². The zero-order valence-corrected chi connectivity index (χ0v) is 51.8. The number of benzene rings is 10. The second kappa shape index (κ2) is 27.8. The molecule has 12 rings (SSSR count). The van der Waals surface area contributed by atoms with Gasteiger partial charge in [-0.3, -0.25) is 9.11 Å². The number of phenolic OH excluding ortho intramolecular Hbond substituents is 2. The molecule has 94 heavy (non-hydrogen) atoms. The molecule has 10 N–H and O–H groups in total. The lowest BCUT2D eigenvalue weighted by atomic mass is 10.0. The number of nitrogens with zero attached hydrogens (tertiary/aromatic N) is 4. The standard InChI is InChI=1S/C75H61N9O8S2/c76-69-46-75(94(90,91)92)71(48-73(69)86)84-68-24-12-52(13-25-68)43-50-8-18-57(19-9-50)79-61-32-38-65(39-33-61)82-66-40-34-62(35-41-66)80-58-20-14-53(15-21-58)44-54-45-74(93(87,88)89)70(47-72(54)85)83-67-22-10-51(11-23-67)42-49-6-16-56(17-7-49)78-60-30-36-64(37-31-60)81-63-28-26-59(27-29-63)77-55-4-2-1-3-5-55/h1-41,45-48,77,80,83-86H,42-44,76H2,(H,87,88,89)(H,90,91,92). The molecule has 0 unspecified atom stereocenters. The number of anilines is 9. The Hall–Kier alpha value is -11.7. The van der Waals surface area contributed by atoms with E-state index in [1.165, 1.54) is 12.1 Å². The fraction of sp³-hybridized carbons (Fsp3) is 0.0400. The van der Waals surface area contributed by atoms with Gasteiger partial charge in [0.15, 0.2) is 0 Å². The van der Waals surface area contributed by atoms with Crippen molar-refractivity contribution in [1.82, 2.24) is 0 Å². The predicted molar refractivity (Wildman–Crippen MR) is 378 cm³/mol. The van der Waals surface area contributed by atoms with E-state index in [0.717, 1.165) is 108 Å². The summed E-state index contributed by atoms with van der Waals surface area (Å²) < 4.78 is 69.4. The van der Waals surface area contributed by atoms with E-state index in [2.05, 4.69) is 21.3 Å². The number of allylic oxidation sites excluding steroid dienone is 8. The molecule has 0 saturated heterocycles. The molecular formula is C75H61N9O8S2. The quantitative estimate of drug-likeness (QED) is 0.0149. The van der Waals surface area contributed by atoms with Gasteiger partial charge in [0.25, 0.3) is 20.2 Å². The normalized spacial score (nSPS) is 12.7. The molecule has 2 aliphatic carbocycles. The maximum absolute atomic E-state index is 12.8. The average molecular weight is 1280 g/mol. The van der Waals surface area contributed by atoms with Crippen molar-refractivity contribution in [3.63, 3.8) is 0 Å². The molecule has 0 radical (unpaired) electrons. The number of para-hydroxylation sites is 1. The number of hydrogen-bond acceptors (Lipinski definition) is 15. The summed E-state index contributed by atoms with van der Waals surface area (Å²) >= 11 is 0. The van der Waals surface area contributed by atoms with E-state index >= 15 is 0 Å². The van der Waals surface area contributed by atoms with Gasteiger partial charge in [-0.15, -0.1) is 0 Å². The van der Waals surface area contributed by atoms with E-state index < -0.39 is 25.1 Å². The molecule has 0 atom stereocenters. The topological polar surface area (TPSA) is 273 Å². The summed E-state index contributed by atoms with van der Waals surface area (Å²) in [5.41, 5.74) is 21.9. The third kappa shape index (κ3) is 16.6. The molecule has 19 heteroatoms. The number of hydrogen-bond donors (Lipinski definition) is 9. The van der Waals surface area contributed by atoms with Crippen molar-refractivity contribution in [2.24, 2.45) is 20.0 Å². The van der Waals surface area contributed by atoms with Crippen LogP contribution in [-0.4, -0.2) is 59.0 Å². The molecule has 0 fully saturated rings. The van der Waals surface area contributed by atoms with Crippen molar-refractivity contribution in [3.8, 4) is 11.5 Å². The molecule has 10 aromatic rings. The van der Waals surface area contributed by atoms with Crippen molar-refractivity contribution in [2.75, 3.05) is 27.0 Å². The number of nitrogens with one attached hydrogen (secondary N) is 4. The first kappa shape index (κ1) is 62.5. The largest absolute Gasteiger partial charge is 0.508 e. The Kier molecular flexibility index (Phi) is 18.5. The fourth-order valence-corrected chi connectivity index (χ4v) is 11.7. The SMILES string of the molecule is Nc1cc(S(=O)(=O)O)c(Nc2ccc(Cc3ccc(N=C4C=CC(=Nc5ccc(Nc6ccc(Cc7cc(S(=O)(=O)O)c(Nc8ccc(Cc9ccc(N=C%10C=CC(=Nc%11ccc(Nc%12ccccc%12)cc%11)C=C%10)cc9)cc8)cc7O)cc6)cc5)C=C4)cc3)cc2)cc1O. The van der Waals surface area contributed by atoms with Gasteiger partial charge in [0.2, 0.25) is 0 Å². The Morgan fingerprint density at radius 1 is 0.319 bits per heavy atom. The van der Waals surface area contributed by atoms with Gasteiger partial charge in [0.05, 0.1) is 62.7 Å². The molecule has 0 saturated carbocycles. The van der Waals surface area contributed by atoms with Gasteiger partial charge in [-0.1, -0.05) is 78.9 Å². The highest BCUT2D eigenvalue weighted by Gasteiger charge is 2.21. The van der Waals surface area contributed by atoms with Crippen LogP contribution in [0.1, 0.15) is 33.4 Å². The van der Waals surface area contributed by atoms with Crippen molar-refractivity contribution in [1.29, 1.82) is 0 Å². The van der Waals surface area contributed by atoms with Crippen molar-refractivity contribution in [2.45, 2.75) is 29.1 Å². The van der Waals surface area contributed by atoms with E-state index in [9.17, 15) is 36.2 Å². The van der Waals surface area contributed by atoms with E-state index in [1.54, 1.807) is 12.1 Å². The zero-order valence-electron chi connectivity index (χ0n) is 50.2. The highest BCUT2D eigenvalue weighted by atomic mass is 32.2. The van der Waals surface area contributed by atoms with Crippen LogP contribution >= 0.6 is 0 Å². The van der Waals surface area contributed by atoms with E-state index in [4.69, 9.17) is 25.7 Å². The highest BCUT2D eigenvalue weighted by molar-refractivity contribution is 7.86. The Balaban J connectivity index is 0.593. The summed E-state index contributed by atoms with van der Waals surface area (Å²) in [7, 11) is -9.30. The van der Waals surface area contributed by atoms with Crippen molar-refractivity contribution in [3.05, 3.63) is 306 Å². The number of nitrogens with two attached hydrogens (primary N) is 1. The van der Waals surface area contributed by atoms with E-state index in [0.29, 0.717) is 29.8 Å². The lowest BCUT2D eigenvalue weighted by Crippen LogP contribution is -2.05. The summed E-state index contributed by atoms with van der Waals surface area (Å²) in [6, 6.07) is 68.7. The second-order valence-electron chi connectivity index (χ2n) is 22.2. The number of rotatable bonds is 20. The third-order valence-electron chi connectivity index (χ3n) is 15.2. The highest BCUT2D eigenvalue weighted by Crippen LogP contribution is 2.36. The molecule has 466 valence electrons. The summed E-state index contributed by atoms with van der Waals surface area (Å²) in [6.07, 6.45) is 16.9. The second-order valence-corrected chi connectivity index (χ2v) is 25.0. The van der Waals surface area contributed by atoms with Crippen LogP contribution in [0.3, 0.4) is 0 Å². The van der Waals surface area contributed by atoms with Crippen molar-refractivity contribution < 1.29 is 36.2 Å². The van der Waals surface area contributed by atoms with Gasteiger partial charge in [-0.2, -0.15) is 16.8 Å². The summed E-state index contributed by atoms with van der Waals surface area (Å²) in [4.78, 5) is 18.3. The van der Waals surface area contributed by atoms with Crippen LogP contribution in [0.5, 0.6) is 11.5 Å². The monoisotopic (exact) mass is 1280 g/mol. The van der Waals surface area contributed by atoms with Crippen LogP contribution in [0.2, 0.25) is 0 Å². The molecule has 0 spiro atoms. The fourth-order valence-electron chi connectivity index (χ4n) is 10.3. The minimum absolute atomic E-state index is 0.0132. The molecule has 0 heterocycles.